The minimum Gasteiger partial charge on any atom is -0.462 e. The highest BCUT2D eigenvalue weighted by Gasteiger charge is 2.17. The Bertz CT molecular complexity index is 978. The van der Waals surface area contributed by atoms with Gasteiger partial charge in [0.05, 0.1) is 18.5 Å². The Kier molecular flexibility index (Phi) is 4.92. The van der Waals surface area contributed by atoms with Gasteiger partial charge in [-0.15, -0.1) is 0 Å². The number of esters is 1. The van der Waals surface area contributed by atoms with Crippen molar-refractivity contribution < 1.29 is 9.53 Å². The van der Waals surface area contributed by atoms with E-state index in [0.717, 1.165) is 0 Å². The third-order valence-corrected chi connectivity index (χ3v) is 4.06. The largest absolute Gasteiger partial charge is 0.462 e. The smallest absolute Gasteiger partial charge is 0.342 e. The average Bonchev–Trinajstić information content (AvgIpc) is 2.97. The van der Waals surface area contributed by atoms with Gasteiger partial charge in [-0.3, -0.25) is 9.36 Å². The van der Waals surface area contributed by atoms with Gasteiger partial charge in [0.2, 0.25) is 0 Å². The quantitative estimate of drug-likeness (QED) is 0.652. The number of benzene rings is 1. The van der Waals surface area contributed by atoms with Crippen LogP contribution in [0.1, 0.15) is 17.3 Å². The van der Waals surface area contributed by atoms with Crippen molar-refractivity contribution in [2.24, 2.45) is 0 Å². The van der Waals surface area contributed by atoms with Crippen LogP contribution in [-0.2, 0) is 4.74 Å². The normalized spacial score (nSPS) is 10.7. The molecular weight excluding hydrogens is 365 g/mol. The second-order valence-corrected chi connectivity index (χ2v) is 5.85. The van der Waals surface area contributed by atoms with E-state index < -0.39 is 5.97 Å². The van der Waals surface area contributed by atoms with Crippen LogP contribution in [0, 0.1) is 0 Å². The lowest BCUT2D eigenvalue weighted by molar-refractivity contribution is 0.0526. The van der Waals surface area contributed by atoms with E-state index in [9.17, 15) is 9.59 Å². The zero-order chi connectivity index (χ0) is 18.0. The molecule has 0 saturated carbocycles. The molecule has 0 unspecified atom stereocenters. The van der Waals surface area contributed by atoms with Crippen molar-refractivity contribution in [2.75, 3.05) is 6.61 Å². The van der Waals surface area contributed by atoms with Gasteiger partial charge in [0.1, 0.15) is 10.7 Å². The van der Waals surface area contributed by atoms with E-state index in [1.807, 2.05) is 0 Å². The number of nitrogens with zero attached hydrogens (tertiary/aromatic N) is 3. The van der Waals surface area contributed by atoms with Crippen molar-refractivity contribution in [3.63, 3.8) is 0 Å². The molecule has 2 aromatic heterocycles. The highest BCUT2D eigenvalue weighted by molar-refractivity contribution is 6.32. The number of hydrogen-bond acceptors (Lipinski definition) is 4. The van der Waals surface area contributed by atoms with Crippen LogP contribution in [-0.4, -0.2) is 26.9 Å². The molecule has 3 aromatic rings. The molecule has 0 spiro atoms. The zero-order valence-electron chi connectivity index (χ0n) is 13.1. The van der Waals surface area contributed by atoms with Gasteiger partial charge in [-0.1, -0.05) is 23.2 Å². The summed E-state index contributed by atoms with van der Waals surface area (Å²) in [7, 11) is 0. The maximum absolute atomic E-state index is 12.0. The van der Waals surface area contributed by atoms with Crippen molar-refractivity contribution in [1.82, 2.24) is 14.3 Å². The van der Waals surface area contributed by atoms with Gasteiger partial charge in [0, 0.05) is 23.0 Å². The molecule has 0 aliphatic rings. The molecule has 3 rings (SSSR count). The summed E-state index contributed by atoms with van der Waals surface area (Å²) in [4.78, 5) is 23.8. The van der Waals surface area contributed by atoms with Gasteiger partial charge in [0.15, 0.2) is 0 Å². The standard InChI is InChI=1S/C17H13Cl2N3O3/c1-2-25-17(24)14-10-20-22(16(14)19)13-5-3-12(4-6-13)21-8-7-11(18)9-15(21)23/h3-10H,2H2,1H3. The summed E-state index contributed by atoms with van der Waals surface area (Å²) < 4.78 is 7.81. The van der Waals surface area contributed by atoms with Crippen LogP contribution in [0.25, 0.3) is 11.4 Å². The first-order chi connectivity index (χ1) is 12.0. The van der Waals surface area contributed by atoms with Crippen LogP contribution < -0.4 is 5.56 Å². The third-order valence-electron chi connectivity index (χ3n) is 3.46. The second kappa shape index (κ2) is 7.13. The van der Waals surface area contributed by atoms with Crippen LogP contribution in [0.15, 0.2) is 53.6 Å². The van der Waals surface area contributed by atoms with Gasteiger partial charge < -0.3 is 4.74 Å². The number of aromatic nitrogens is 3. The molecule has 128 valence electrons. The van der Waals surface area contributed by atoms with E-state index >= 15 is 0 Å². The number of carbonyl (C=O) groups excluding carboxylic acids is 1. The van der Waals surface area contributed by atoms with Crippen molar-refractivity contribution >= 4 is 29.2 Å². The summed E-state index contributed by atoms with van der Waals surface area (Å²) in [5.41, 5.74) is 1.27. The molecule has 6 nitrogen and oxygen atoms in total. The monoisotopic (exact) mass is 377 g/mol. The fourth-order valence-electron chi connectivity index (χ4n) is 2.28. The SMILES string of the molecule is CCOC(=O)c1cnn(-c2ccc(-n3ccc(Cl)cc3=O)cc2)c1Cl. The Morgan fingerprint density at radius 3 is 2.48 bits per heavy atom. The van der Waals surface area contributed by atoms with Gasteiger partial charge in [0.25, 0.3) is 5.56 Å². The molecule has 0 bridgehead atoms. The fourth-order valence-corrected chi connectivity index (χ4v) is 2.70. The molecule has 0 saturated heterocycles. The first-order valence-electron chi connectivity index (χ1n) is 7.41. The lowest BCUT2D eigenvalue weighted by Gasteiger charge is -2.08. The number of rotatable bonds is 4. The Hall–Kier alpha value is -2.57. The van der Waals surface area contributed by atoms with Crippen LogP contribution in [0.2, 0.25) is 10.2 Å². The molecule has 0 fully saturated rings. The van der Waals surface area contributed by atoms with E-state index in [1.54, 1.807) is 43.5 Å². The average molecular weight is 378 g/mol. The number of hydrogen-bond donors (Lipinski definition) is 0. The molecule has 0 N–H and O–H groups in total. The van der Waals surface area contributed by atoms with E-state index in [1.165, 1.54) is 21.5 Å². The predicted octanol–water partition coefficient (Wildman–Crippen LogP) is 3.51. The number of ether oxygens (including phenoxy) is 1. The molecule has 0 amide bonds. The van der Waals surface area contributed by atoms with E-state index in [4.69, 9.17) is 27.9 Å². The van der Waals surface area contributed by atoms with Gasteiger partial charge >= 0.3 is 5.97 Å². The van der Waals surface area contributed by atoms with Crippen LogP contribution in [0.4, 0.5) is 0 Å². The molecule has 0 radical (unpaired) electrons. The van der Waals surface area contributed by atoms with Gasteiger partial charge in [-0.2, -0.15) is 5.10 Å². The van der Waals surface area contributed by atoms with Crippen LogP contribution in [0.3, 0.4) is 0 Å². The second-order valence-electron chi connectivity index (χ2n) is 5.05. The third kappa shape index (κ3) is 3.45. The van der Waals surface area contributed by atoms with Crippen LogP contribution in [0.5, 0.6) is 0 Å². The van der Waals surface area contributed by atoms with Crippen LogP contribution >= 0.6 is 23.2 Å². The van der Waals surface area contributed by atoms with E-state index in [-0.39, 0.29) is 22.9 Å². The van der Waals surface area contributed by atoms with Crippen molar-refractivity contribution in [1.29, 1.82) is 0 Å². The molecular formula is C17H13Cl2N3O3. The van der Waals surface area contributed by atoms with E-state index in [0.29, 0.717) is 16.4 Å². The summed E-state index contributed by atoms with van der Waals surface area (Å²) in [6, 6.07) is 9.94. The minimum atomic E-state index is -0.525. The maximum Gasteiger partial charge on any atom is 0.342 e. The summed E-state index contributed by atoms with van der Waals surface area (Å²) in [5, 5.41) is 4.66. The topological polar surface area (TPSA) is 66.1 Å². The molecule has 0 aliphatic carbocycles. The summed E-state index contributed by atoms with van der Waals surface area (Å²) in [6.45, 7) is 1.97. The number of pyridine rings is 1. The number of carbonyl (C=O) groups is 1. The fraction of sp³-hybridized carbons (Fsp3) is 0.118. The molecule has 2 heterocycles. The Balaban J connectivity index is 1.93. The van der Waals surface area contributed by atoms with E-state index in [2.05, 4.69) is 5.10 Å². The molecule has 0 aliphatic heterocycles. The predicted molar refractivity (Wildman–Crippen MR) is 95.1 cm³/mol. The Morgan fingerprint density at radius 1 is 1.16 bits per heavy atom. The van der Waals surface area contributed by atoms with Crippen molar-refractivity contribution in [2.45, 2.75) is 6.92 Å². The summed E-state index contributed by atoms with van der Waals surface area (Å²) >= 11 is 12.0. The van der Waals surface area contributed by atoms with Crippen molar-refractivity contribution in [3.05, 3.63) is 74.9 Å². The molecule has 25 heavy (non-hydrogen) atoms. The summed E-state index contributed by atoms with van der Waals surface area (Å²) in [6.07, 6.45) is 2.96. The van der Waals surface area contributed by atoms with Crippen molar-refractivity contribution in [3.8, 4) is 11.4 Å². The highest BCUT2D eigenvalue weighted by Crippen LogP contribution is 2.22. The molecule has 8 heteroatoms. The lowest BCUT2D eigenvalue weighted by atomic mass is 10.2. The first kappa shape index (κ1) is 17.3. The molecule has 1 aromatic carbocycles. The highest BCUT2D eigenvalue weighted by atomic mass is 35.5. The lowest BCUT2D eigenvalue weighted by Crippen LogP contribution is -2.16. The van der Waals surface area contributed by atoms with Gasteiger partial charge in [-0.25, -0.2) is 9.48 Å². The zero-order valence-corrected chi connectivity index (χ0v) is 14.7. The minimum absolute atomic E-state index is 0.162. The Morgan fingerprint density at radius 2 is 1.84 bits per heavy atom. The maximum atomic E-state index is 12.0. The Labute approximate surface area is 153 Å². The first-order valence-corrected chi connectivity index (χ1v) is 8.16. The number of halogens is 2. The molecule has 0 atom stereocenters. The van der Waals surface area contributed by atoms with Gasteiger partial charge in [-0.05, 0) is 37.3 Å². The summed E-state index contributed by atoms with van der Waals surface area (Å²) in [5.74, 6) is -0.525.